The SMILES string of the molecule is C=C(CCc1cccc(CC)c1)C1CC1C. The van der Waals surface area contributed by atoms with Gasteiger partial charge >= 0.3 is 0 Å². The largest absolute Gasteiger partial charge is 0.0996 e. The molecule has 0 nitrogen and oxygen atoms in total. The van der Waals surface area contributed by atoms with Crippen LogP contribution in [0.15, 0.2) is 36.4 Å². The van der Waals surface area contributed by atoms with Gasteiger partial charge in [0.05, 0.1) is 0 Å². The van der Waals surface area contributed by atoms with Crippen LogP contribution in [0, 0.1) is 11.8 Å². The molecule has 0 aliphatic heterocycles. The molecular formula is C16H22. The summed E-state index contributed by atoms with van der Waals surface area (Å²) in [7, 11) is 0. The maximum Gasteiger partial charge on any atom is -0.0177 e. The highest BCUT2D eigenvalue weighted by Gasteiger charge is 2.34. The summed E-state index contributed by atoms with van der Waals surface area (Å²) in [6.45, 7) is 8.76. The van der Waals surface area contributed by atoms with Gasteiger partial charge in [0, 0.05) is 0 Å². The lowest BCUT2D eigenvalue weighted by molar-refractivity contribution is 0.789. The van der Waals surface area contributed by atoms with Crippen molar-refractivity contribution in [1.29, 1.82) is 0 Å². The molecule has 0 N–H and O–H groups in total. The lowest BCUT2D eigenvalue weighted by Gasteiger charge is -2.06. The fourth-order valence-corrected chi connectivity index (χ4v) is 2.39. The molecule has 0 radical (unpaired) electrons. The first-order valence-corrected chi connectivity index (χ1v) is 6.46. The summed E-state index contributed by atoms with van der Waals surface area (Å²) in [6, 6.07) is 8.96. The van der Waals surface area contributed by atoms with Gasteiger partial charge in [0.2, 0.25) is 0 Å². The molecule has 0 heterocycles. The van der Waals surface area contributed by atoms with E-state index in [-0.39, 0.29) is 0 Å². The van der Waals surface area contributed by atoms with Crippen LogP contribution in [0.4, 0.5) is 0 Å². The minimum atomic E-state index is 0.828. The van der Waals surface area contributed by atoms with Crippen molar-refractivity contribution >= 4 is 0 Å². The molecule has 1 fully saturated rings. The number of rotatable bonds is 5. The molecule has 0 amide bonds. The van der Waals surface area contributed by atoms with Gasteiger partial charge in [-0.25, -0.2) is 0 Å². The topological polar surface area (TPSA) is 0 Å². The van der Waals surface area contributed by atoms with Gasteiger partial charge in [-0.1, -0.05) is 50.3 Å². The van der Waals surface area contributed by atoms with Gasteiger partial charge in [0.15, 0.2) is 0 Å². The lowest BCUT2D eigenvalue weighted by atomic mass is 10.00. The normalized spacial score (nSPS) is 23.1. The van der Waals surface area contributed by atoms with Gasteiger partial charge in [-0.05, 0) is 48.6 Å². The van der Waals surface area contributed by atoms with E-state index in [0.29, 0.717) is 0 Å². The van der Waals surface area contributed by atoms with E-state index in [9.17, 15) is 0 Å². The second-order valence-electron chi connectivity index (χ2n) is 5.15. The number of hydrogen-bond acceptors (Lipinski definition) is 0. The second-order valence-corrected chi connectivity index (χ2v) is 5.15. The van der Waals surface area contributed by atoms with Crippen LogP contribution in [0.25, 0.3) is 0 Å². The summed E-state index contributed by atoms with van der Waals surface area (Å²) >= 11 is 0. The van der Waals surface area contributed by atoms with Crippen LogP contribution in [0.3, 0.4) is 0 Å². The Bertz CT molecular complexity index is 375. The molecule has 2 atom stereocenters. The maximum atomic E-state index is 4.22. The molecule has 86 valence electrons. The van der Waals surface area contributed by atoms with Crippen LogP contribution in [-0.2, 0) is 12.8 Å². The fourth-order valence-electron chi connectivity index (χ4n) is 2.39. The van der Waals surface area contributed by atoms with E-state index in [4.69, 9.17) is 0 Å². The minimum absolute atomic E-state index is 0.828. The van der Waals surface area contributed by atoms with Crippen molar-refractivity contribution in [3.63, 3.8) is 0 Å². The van der Waals surface area contributed by atoms with Gasteiger partial charge in [-0.15, -0.1) is 0 Å². The Kier molecular flexibility index (Phi) is 3.48. The molecule has 0 bridgehead atoms. The third-order valence-electron chi connectivity index (χ3n) is 3.77. The average Bonchev–Trinajstić information content (AvgIpc) is 3.04. The summed E-state index contributed by atoms with van der Waals surface area (Å²) in [5, 5.41) is 0. The van der Waals surface area contributed by atoms with Gasteiger partial charge in [-0.2, -0.15) is 0 Å². The molecule has 2 unspecified atom stereocenters. The van der Waals surface area contributed by atoms with Gasteiger partial charge in [0.1, 0.15) is 0 Å². The van der Waals surface area contributed by atoms with Crippen molar-refractivity contribution in [2.75, 3.05) is 0 Å². The zero-order valence-electron chi connectivity index (χ0n) is 10.5. The molecule has 1 aliphatic carbocycles. The van der Waals surface area contributed by atoms with Crippen LogP contribution in [-0.4, -0.2) is 0 Å². The number of aryl methyl sites for hydroxylation is 2. The molecule has 1 saturated carbocycles. The minimum Gasteiger partial charge on any atom is -0.0996 e. The van der Waals surface area contributed by atoms with Crippen molar-refractivity contribution in [3.05, 3.63) is 47.5 Å². The molecule has 0 saturated heterocycles. The second kappa shape index (κ2) is 4.86. The zero-order valence-corrected chi connectivity index (χ0v) is 10.5. The first-order chi connectivity index (χ1) is 7.70. The highest BCUT2D eigenvalue weighted by Crippen LogP contribution is 2.44. The van der Waals surface area contributed by atoms with Gasteiger partial charge < -0.3 is 0 Å². The maximum absolute atomic E-state index is 4.22. The van der Waals surface area contributed by atoms with E-state index < -0.39 is 0 Å². The predicted molar refractivity (Wildman–Crippen MR) is 70.6 cm³/mol. The van der Waals surface area contributed by atoms with Crippen molar-refractivity contribution < 1.29 is 0 Å². The van der Waals surface area contributed by atoms with Gasteiger partial charge in [0.25, 0.3) is 0 Å². The van der Waals surface area contributed by atoms with Crippen LogP contribution < -0.4 is 0 Å². The number of hydrogen-bond donors (Lipinski definition) is 0. The summed E-state index contributed by atoms with van der Waals surface area (Å²) in [5.74, 6) is 1.73. The molecule has 1 aromatic rings. The molecule has 1 aromatic carbocycles. The van der Waals surface area contributed by atoms with Crippen LogP contribution >= 0.6 is 0 Å². The van der Waals surface area contributed by atoms with E-state index in [1.165, 1.54) is 29.5 Å². The predicted octanol–water partition coefficient (Wildman–Crippen LogP) is 4.39. The van der Waals surface area contributed by atoms with E-state index in [1.54, 1.807) is 0 Å². The van der Waals surface area contributed by atoms with Crippen LogP contribution in [0.5, 0.6) is 0 Å². The lowest BCUT2D eigenvalue weighted by Crippen LogP contribution is -1.92. The Morgan fingerprint density at radius 1 is 1.38 bits per heavy atom. The zero-order chi connectivity index (χ0) is 11.5. The quantitative estimate of drug-likeness (QED) is 0.637. The van der Waals surface area contributed by atoms with Gasteiger partial charge in [-0.3, -0.25) is 0 Å². The molecule has 0 heteroatoms. The molecule has 0 spiro atoms. The number of allylic oxidation sites excluding steroid dienone is 1. The Hall–Kier alpha value is -1.04. The third kappa shape index (κ3) is 2.75. The van der Waals surface area contributed by atoms with Crippen molar-refractivity contribution in [3.8, 4) is 0 Å². The summed E-state index contributed by atoms with van der Waals surface area (Å²) in [5.41, 5.74) is 4.38. The summed E-state index contributed by atoms with van der Waals surface area (Å²) in [4.78, 5) is 0. The highest BCUT2D eigenvalue weighted by atomic mass is 14.4. The van der Waals surface area contributed by atoms with E-state index in [0.717, 1.165) is 24.7 Å². The summed E-state index contributed by atoms with van der Waals surface area (Å²) < 4.78 is 0. The van der Waals surface area contributed by atoms with Crippen molar-refractivity contribution in [2.45, 2.75) is 39.5 Å². The van der Waals surface area contributed by atoms with E-state index in [2.05, 4.69) is 44.7 Å². The van der Waals surface area contributed by atoms with Crippen molar-refractivity contribution in [2.24, 2.45) is 11.8 Å². The average molecular weight is 214 g/mol. The molecule has 16 heavy (non-hydrogen) atoms. The standard InChI is InChI=1S/C16H22/c1-4-14-6-5-7-15(11-14)9-8-12(2)16-10-13(16)3/h5-7,11,13,16H,2,4,8-10H2,1,3H3. The number of benzene rings is 1. The molecule has 1 aliphatic rings. The molecular weight excluding hydrogens is 192 g/mol. The van der Waals surface area contributed by atoms with E-state index >= 15 is 0 Å². The summed E-state index contributed by atoms with van der Waals surface area (Å²) in [6.07, 6.45) is 4.83. The van der Waals surface area contributed by atoms with Crippen LogP contribution in [0.2, 0.25) is 0 Å². The van der Waals surface area contributed by atoms with Crippen molar-refractivity contribution in [1.82, 2.24) is 0 Å². The smallest absolute Gasteiger partial charge is 0.0177 e. The monoisotopic (exact) mass is 214 g/mol. The van der Waals surface area contributed by atoms with Crippen LogP contribution in [0.1, 0.15) is 37.8 Å². The third-order valence-corrected chi connectivity index (χ3v) is 3.77. The fraction of sp³-hybridized carbons (Fsp3) is 0.500. The Morgan fingerprint density at radius 2 is 2.06 bits per heavy atom. The first-order valence-electron chi connectivity index (χ1n) is 6.46. The Labute approximate surface area is 99.4 Å². The Balaban J connectivity index is 1.86. The Morgan fingerprint density at radius 3 is 2.69 bits per heavy atom. The molecule has 0 aromatic heterocycles. The van der Waals surface area contributed by atoms with E-state index in [1.807, 2.05) is 0 Å². The molecule has 2 rings (SSSR count). The highest BCUT2D eigenvalue weighted by molar-refractivity contribution is 5.24. The first kappa shape index (κ1) is 11.4.